The normalized spacial score (nSPS) is 10.9. The average Bonchev–Trinajstić information content (AvgIpc) is 3.17. The Kier molecular flexibility index (Phi) is 2.86. The predicted molar refractivity (Wildman–Crippen MR) is 84.7 cm³/mol. The summed E-state index contributed by atoms with van der Waals surface area (Å²) in [6, 6.07) is 9.98. The number of aromatic amines is 1. The maximum atomic E-state index is 4.60. The van der Waals surface area contributed by atoms with Gasteiger partial charge in [-0.25, -0.2) is 4.98 Å². The van der Waals surface area contributed by atoms with Crippen molar-refractivity contribution in [2.45, 2.75) is 0 Å². The van der Waals surface area contributed by atoms with Gasteiger partial charge in [0.2, 0.25) is 0 Å². The summed E-state index contributed by atoms with van der Waals surface area (Å²) >= 11 is 1.58. The molecule has 1 aromatic carbocycles. The van der Waals surface area contributed by atoms with Crippen molar-refractivity contribution in [2.75, 3.05) is 5.32 Å². The highest BCUT2D eigenvalue weighted by molar-refractivity contribution is 7.14. The van der Waals surface area contributed by atoms with E-state index in [2.05, 4.69) is 25.5 Å². The van der Waals surface area contributed by atoms with Gasteiger partial charge in [0, 0.05) is 34.4 Å². The number of pyridine rings is 1. The molecule has 21 heavy (non-hydrogen) atoms. The number of hydrogen-bond acceptors (Lipinski definition) is 5. The molecule has 0 bridgehead atoms. The highest BCUT2D eigenvalue weighted by Gasteiger charge is 2.05. The van der Waals surface area contributed by atoms with Crippen LogP contribution in [0.1, 0.15) is 0 Å². The van der Waals surface area contributed by atoms with E-state index in [1.807, 2.05) is 41.9 Å². The minimum atomic E-state index is 0.862. The lowest BCUT2D eigenvalue weighted by atomic mass is 10.2. The van der Waals surface area contributed by atoms with Crippen LogP contribution in [0.15, 0.2) is 54.3 Å². The Morgan fingerprint density at radius 2 is 2.00 bits per heavy atom. The lowest BCUT2D eigenvalue weighted by molar-refractivity contribution is 1.12. The fourth-order valence-corrected chi connectivity index (χ4v) is 2.86. The summed E-state index contributed by atoms with van der Waals surface area (Å²) in [5.41, 5.74) is 4.01. The van der Waals surface area contributed by atoms with E-state index in [1.165, 1.54) is 0 Å². The molecule has 0 aliphatic heterocycles. The number of aromatic nitrogens is 4. The van der Waals surface area contributed by atoms with Crippen molar-refractivity contribution in [3.05, 3.63) is 54.3 Å². The Morgan fingerprint density at radius 3 is 2.90 bits per heavy atom. The maximum Gasteiger partial charge on any atom is 0.187 e. The molecule has 0 radical (unpaired) electrons. The lowest BCUT2D eigenvalue weighted by Crippen LogP contribution is -1.89. The summed E-state index contributed by atoms with van der Waals surface area (Å²) in [7, 11) is 0. The van der Waals surface area contributed by atoms with Gasteiger partial charge in [-0.3, -0.25) is 10.1 Å². The van der Waals surface area contributed by atoms with Gasteiger partial charge in [-0.15, -0.1) is 11.3 Å². The standard InChI is InChI=1S/C15H11N5S/c1-2-12(7-13-11(1)8-17-20-13)18-15-19-14(9-21-15)10-3-5-16-6-4-10/h1-9H,(H,17,20)(H,18,19). The predicted octanol–water partition coefficient (Wildman–Crippen LogP) is 3.83. The van der Waals surface area contributed by atoms with Gasteiger partial charge in [-0.2, -0.15) is 5.10 Å². The lowest BCUT2D eigenvalue weighted by Gasteiger charge is -2.02. The Morgan fingerprint density at radius 1 is 1.10 bits per heavy atom. The number of fused-ring (bicyclic) bond motifs is 1. The highest BCUT2D eigenvalue weighted by atomic mass is 32.1. The summed E-state index contributed by atoms with van der Waals surface area (Å²) in [4.78, 5) is 8.62. The molecule has 6 heteroatoms. The molecular formula is C15H11N5S. The number of benzene rings is 1. The van der Waals surface area contributed by atoms with Crippen LogP contribution in [0.25, 0.3) is 22.2 Å². The van der Waals surface area contributed by atoms with Gasteiger partial charge in [0.15, 0.2) is 5.13 Å². The second-order valence-electron chi connectivity index (χ2n) is 4.57. The van der Waals surface area contributed by atoms with E-state index in [0.717, 1.165) is 33.0 Å². The second kappa shape index (κ2) is 4.99. The fourth-order valence-electron chi connectivity index (χ4n) is 2.12. The first-order chi connectivity index (χ1) is 10.4. The third kappa shape index (κ3) is 2.36. The van der Waals surface area contributed by atoms with Crippen LogP contribution in [0.4, 0.5) is 10.8 Å². The van der Waals surface area contributed by atoms with Gasteiger partial charge < -0.3 is 5.32 Å². The second-order valence-corrected chi connectivity index (χ2v) is 5.43. The Bertz CT molecular complexity index is 881. The molecule has 2 N–H and O–H groups in total. The van der Waals surface area contributed by atoms with Crippen molar-refractivity contribution in [1.82, 2.24) is 20.2 Å². The van der Waals surface area contributed by atoms with E-state index in [9.17, 15) is 0 Å². The maximum absolute atomic E-state index is 4.60. The van der Waals surface area contributed by atoms with Gasteiger partial charge in [0.05, 0.1) is 17.4 Å². The van der Waals surface area contributed by atoms with Crippen molar-refractivity contribution in [3.63, 3.8) is 0 Å². The van der Waals surface area contributed by atoms with Gasteiger partial charge in [-0.1, -0.05) is 0 Å². The number of anilines is 2. The number of H-pyrrole nitrogens is 1. The van der Waals surface area contributed by atoms with E-state index >= 15 is 0 Å². The largest absolute Gasteiger partial charge is 0.331 e. The summed E-state index contributed by atoms with van der Waals surface area (Å²) in [5.74, 6) is 0. The van der Waals surface area contributed by atoms with Crippen LogP contribution in [0, 0.1) is 0 Å². The molecule has 0 saturated heterocycles. The summed E-state index contributed by atoms with van der Waals surface area (Å²) < 4.78 is 0. The minimum absolute atomic E-state index is 0.862. The molecule has 4 aromatic rings. The molecule has 3 aromatic heterocycles. The van der Waals surface area contributed by atoms with Crippen LogP contribution in [0.3, 0.4) is 0 Å². The van der Waals surface area contributed by atoms with Crippen molar-refractivity contribution >= 4 is 33.1 Å². The molecule has 0 atom stereocenters. The van der Waals surface area contributed by atoms with Crippen LogP contribution in [0.5, 0.6) is 0 Å². The van der Waals surface area contributed by atoms with Crippen molar-refractivity contribution in [3.8, 4) is 11.3 Å². The minimum Gasteiger partial charge on any atom is -0.331 e. The quantitative estimate of drug-likeness (QED) is 0.602. The zero-order valence-corrected chi connectivity index (χ0v) is 11.8. The van der Waals surface area contributed by atoms with Crippen molar-refractivity contribution in [1.29, 1.82) is 0 Å². The van der Waals surface area contributed by atoms with Gasteiger partial charge in [0.25, 0.3) is 0 Å². The van der Waals surface area contributed by atoms with Gasteiger partial charge in [-0.05, 0) is 30.3 Å². The zero-order chi connectivity index (χ0) is 14.1. The number of nitrogens with zero attached hydrogens (tertiary/aromatic N) is 3. The molecule has 102 valence electrons. The third-order valence-electron chi connectivity index (χ3n) is 3.17. The Balaban J connectivity index is 1.61. The number of rotatable bonds is 3. The first kappa shape index (κ1) is 12.0. The van der Waals surface area contributed by atoms with E-state index < -0.39 is 0 Å². The molecule has 0 aliphatic carbocycles. The number of thiazole rings is 1. The van der Waals surface area contributed by atoms with Crippen LogP contribution >= 0.6 is 11.3 Å². The average molecular weight is 293 g/mol. The molecule has 0 saturated carbocycles. The van der Waals surface area contributed by atoms with E-state index in [4.69, 9.17) is 0 Å². The van der Waals surface area contributed by atoms with Crippen molar-refractivity contribution in [2.24, 2.45) is 0 Å². The third-order valence-corrected chi connectivity index (χ3v) is 3.93. The Labute approximate surface area is 124 Å². The zero-order valence-electron chi connectivity index (χ0n) is 10.9. The molecule has 0 unspecified atom stereocenters. The summed E-state index contributed by atoms with van der Waals surface area (Å²) in [6.07, 6.45) is 5.35. The highest BCUT2D eigenvalue weighted by Crippen LogP contribution is 2.27. The van der Waals surface area contributed by atoms with Crippen LogP contribution in [0.2, 0.25) is 0 Å². The first-order valence-corrected chi connectivity index (χ1v) is 7.32. The fraction of sp³-hybridized carbons (Fsp3) is 0. The molecule has 3 heterocycles. The summed E-state index contributed by atoms with van der Waals surface area (Å²) in [5, 5.41) is 14.3. The number of nitrogens with one attached hydrogen (secondary N) is 2. The molecular weight excluding hydrogens is 282 g/mol. The molecule has 4 rings (SSSR count). The van der Waals surface area contributed by atoms with E-state index in [1.54, 1.807) is 23.7 Å². The molecule has 0 spiro atoms. The van der Waals surface area contributed by atoms with Crippen LogP contribution in [-0.4, -0.2) is 20.2 Å². The van der Waals surface area contributed by atoms with Gasteiger partial charge >= 0.3 is 0 Å². The molecule has 5 nitrogen and oxygen atoms in total. The van der Waals surface area contributed by atoms with E-state index in [-0.39, 0.29) is 0 Å². The molecule has 0 fully saturated rings. The summed E-state index contributed by atoms with van der Waals surface area (Å²) in [6.45, 7) is 0. The smallest absolute Gasteiger partial charge is 0.187 e. The SMILES string of the molecule is c1cc(-c2csc(Nc3ccc4cn[nH]c4c3)n2)ccn1. The first-order valence-electron chi connectivity index (χ1n) is 6.44. The molecule has 0 aliphatic rings. The van der Waals surface area contributed by atoms with E-state index in [0.29, 0.717) is 0 Å². The van der Waals surface area contributed by atoms with Gasteiger partial charge in [0.1, 0.15) is 0 Å². The van der Waals surface area contributed by atoms with Crippen LogP contribution < -0.4 is 5.32 Å². The Hall–Kier alpha value is -2.73. The number of hydrogen-bond donors (Lipinski definition) is 2. The van der Waals surface area contributed by atoms with Crippen molar-refractivity contribution < 1.29 is 0 Å². The topological polar surface area (TPSA) is 66.5 Å². The van der Waals surface area contributed by atoms with Crippen LogP contribution in [-0.2, 0) is 0 Å². The monoisotopic (exact) mass is 293 g/mol. The molecule has 0 amide bonds.